The third-order valence-corrected chi connectivity index (χ3v) is 6.27. The van der Waals surface area contributed by atoms with Crippen LogP contribution in [-0.2, 0) is 4.79 Å². The molecular formula is C21H29N3O4. The zero-order valence-electron chi connectivity index (χ0n) is 16.2. The number of likely N-dealkylation sites (tertiary alicyclic amines) is 1. The molecule has 28 heavy (non-hydrogen) atoms. The van der Waals surface area contributed by atoms with Gasteiger partial charge in [-0.1, -0.05) is 24.6 Å². The molecule has 7 nitrogen and oxygen atoms in total. The van der Waals surface area contributed by atoms with E-state index in [0.717, 1.165) is 19.5 Å². The molecule has 1 saturated carbocycles. The van der Waals surface area contributed by atoms with Crippen LogP contribution in [0.25, 0.3) is 0 Å². The van der Waals surface area contributed by atoms with Gasteiger partial charge in [0.25, 0.3) is 0 Å². The number of carbonyl (C=O) groups excluding carboxylic acids is 1. The molecule has 7 heteroatoms. The van der Waals surface area contributed by atoms with E-state index in [9.17, 15) is 14.7 Å². The first-order chi connectivity index (χ1) is 13.6. The van der Waals surface area contributed by atoms with Crippen molar-refractivity contribution in [3.63, 3.8) is 0 Å². The molecule has 1 aliphatic carbocycles. The topological polar surface area (TPSA) is 73.3 Å². The van der Waals surface area contributed by atoms with Crippen molar-refractivity contribution in [1.29, 1.82) is 0 Å². The molecule has 0 radical (unpaired) electrons. The van der Waals surface area contributed by atoms with Crippen LogP contribution < -0.4 is 4.74 Å². The van der Waals surface area contributed by atoms with E-state index in [0.29, 0.717) is 31.3 Å². The summed E-state index contributed by atoms with van der Waals surface area (Å²) in [6.45, 7) is 3.53. The quantitative estimate of drug-likeness (QED) is 0.858. The van der Waals surface area contributed by atoms with Gasteiger partial charge in [-0.25, -0.2) is 4.79 Å². The standard InChI is InChI=1S/C21H29N3O4/c25-20(23-11-5-10-22(12-13-23)16-6-4-7-16)19-14-18(15-24(19)21(26)27)28-17-8-2-1-3-9-17/h1-3,8-9,16,18-19H,4-7,10-15H2,(H,26,27)/t18-,19-/m1/s1. The van der Waals surface area contributed by atoms with Crippen LogP contribution >= 0.6 is 0 Å². The van der Waals surface area contributed by atoms with E-state index in [1.54, 1.807) is 0 Å². The molecule has 1 aromatic rings. The van der Waals surface area contributed by atoms with E-state index in [-0.39, 0.29) is 18.6 Å². The molecule has 0 unspecified atom stereocenters. The van der Waals surface area contributed by atoms with Crippen molar-refractivity contribution in [3.05, 3.63) is 30.3 Å². The lowest BCUT2D eigenvalue weighted by Crippen LogP contribution is -2.49. The maximum absolute atomic E-state index is 13.2. The second kappa shape index (κ2) is 8.39. The Kier molecular flexibility index (Phi) is 5.71. The number of hydrogen-bond donors (Lipinski definition) is 1. The monoisotopic (exact) mass is 387 g/mol. The molecule has 2 heterocycles. The number of para-hydroxylation sites is 1. The van der Waals surface area contributed by atoms with Crippen molar-refractivity contribution in [2.45, 2.75) is 50.3 Å². The fourth-order valence-corrected chi connectivity index (χ4v) is 4.51. The summed E-state index contributed by atoms with van der Waals surface area (Å²) in [5, 5.41) is 9.62. The van der Waals surface area contributed by atoms with Crippen LogP contribution in [0.2, 0.25) is 0 Å². The number of amides is 2. The van der Waals surface area contributed by atoms with Crippen LogP contribution in [0.5, 0.6) is 5.75 Å². The second-order valence-electron chi connectivity index (χ2n) is 8.04. The third kappa shape index (κ3) is 4.09. The van der Waals surface area contributed by atoms with Gasteiger partial charge in [0.2, 0.25) is 5.91 Å². The van der Waals surface area contributed by atoms with Crippen molar-refractivity contribution in [1.82, 2.24) is 14.7 Å². The highest BCUT2D eigenvalue weighted by molar-refractivity contribution is 5.86. The first kappa shape index (κ1) is 19.1. The number of ether oxygens (including phenoxy) is 1. The Morgan fingerprint density at radius 1 is 1.00 bits per heavy atom. The predicted molar refractivity (Wildman–Crippen MR) is 104 cm³/mol. The minimum Gasteiger partial charge on any atom is -0.488 e. The van der Waals surface area contributed by atoms with Crippen LogP contribution in [0.1, 0.15) is 32.1 Å². The molecule has 3 fully saturated rings. The van der Waals surface area contributed by atoms with Crippen LogP contribution in [-0.4, -0.2) is 82.7 Å². The van der Waals surface area contributed by atoms with Crippen LogP contribution in [0.15, 0.2) is 30.3 Å². The maximum Gasteiger partial charge on any atom is 0.408 e. The molecule has 2 aliphatic heterocycles. The van der Waals surface area contributed by atoms with Gasteiger partial charge in [-0.2, -0.15) is 0 Å². The Bertz CT molecular complexity index is 694. The zero-order chi connectivity index (χ0) is 19.5. The van der Waals surface area contributed by atoms with E-state index in [2.05, 4.69) is 4.90 Å². The Hall–Kier alpha value is -2.28. The largest absolute Gasteiger partial charge is 0.488 e. The van der Waals surface area contributed by atoms with Crippen LogP contribution in [0, 0.1) is 0 Å². The smallest absolute Gasteiger partial charge is 0.408 e. The van der Waals surface area contributed by atoms with Gasteiger partial charge in [-0.05, 0) is 31.4 Å². The number of hydrogen-bond acceptors (Lipinski definition) is 4. The molecule has 152 valence electrons. The molecule has 4 rings (SSSR count). The summed E-state index contributed by atoms with van der Waals surface area (Å²) >= 11 is 0. The van der Waals surface area contributed by atoms with Gasteiger partial charge >= 0.3 is 6.09 Å². The van der Waals surface area contributed by atoms with E-state index in [1.165, 1.54) is 24.2 Å². The van der Waals surface area contributed by atoms with E-state index >= 15 is 0 Å². The summed E-state index contributed by atoms with van der Waals surface area (Å²) in [7, 11) is 0. The van der Waals surface area contributed by atoms with Crippen LogP contribution in [0.3, 0.4) is 0 Å². The van der Waals surface area contributed by atoms with Gasteiger partial charge in [-0.15, -0.1) is 0 Å². The zero-order valence-corrected chi connectivity index (χ0v) is 16.2. The normalized spacial score (nSPS) is 26.6. The summed E-state index contributed by atoms with van der Waals surface area (Å²) < 4.78 is 5.93. The third-order valence-electron chi connectivity index (χ3n) is 6.27. The van der Waals surface area contributed by atoms with Gasteiger partial charge in [0.05, 0.1) is 6.54 Å². The molecule has 1 aromatic carbocycles. The molecule has 1 N–H and O–H groups in total. The predicted octanol–water partition coefficient (Wildman–Crippen LogP) is 2.27. The fourth-order valence-electron chi connectivity index (χ4n) is 4.51. The average Bonchev–Trinajstić information content (AvgIpc) is 2.92. The van der Waals surface area contributed by atoms with Gasteiger partial charge in [-0.3, -0.25) is 14.6 Å². The van der Waals surface area contributed by atoms with Crippen molar-refractivity contribution < 1.29 is 19.4 Å². The molecule has 2 saturated heterocycles. The molecule has 0 spiro atoms. The lowest BCUT2D eigenvalue weighted by atomic mass is 9.91. The molecule has 2 amide bonds. The Balaban J connectivity index is 1.39. The first-order valence-electron chi connectivity index (χ1n) is 10.4. The van der Waals surface area contributed by atoms with E-state index in [4.69, 9.17) is 4.74 Å². The first-order valence-corrected chi connectivity index (χ1v) is 10.4. The lowest BCUT2D eigenvalue weighted by molar-refractivity contribution is -0.135. The summed E-state index contributed by atoms with van der Waals surface area (Å²) in [5.41, 5.74) is 0. The number of rotatable bonds is 4. The summed E-state index contributed by atoms with van der Waals surface area (Å²) in [4.78, 5) is 30.5. The summed E-state index contributed by atoms with van der Waals surface area (Å²) in [5.74, 6) is 0.633. The highest BCUT2D eigenvalue weighted by Crippen LogP contribution is 2.27. The summed E-state index contributed by atoms with van der Waals surface area (Å²) in [6.07, 6.45) is 3.84. The van der Waals surface area contributed by atoms with Crippen molar-refractivity contribution in [2.75, 3.05) is 32.7 Å². The second-order valence-corrected chi connectivity index (χ2v) is 8.04. The molecule has 3 aliphatic rings. The van der Waals surface area contributed by atoms with Gasteiger partial charge < -0.3 is 14.7 Å². The number of carbonyl (C=O) groups is 2. The fraction of sp³-hybridized carbons (Fsp3) is 0.619. The summed E-state index contributed by atoms with van der Waals surface area (Å²) in [6, 6.07) is 9.40. The Morgan fingerprint density at radius 2 is 1.79 bits per heavy atom. The Labute approximate surface area is 165 Å². The van der Waals surface area contributed by atoms with Gasteiger partial charge in [0.1, 0.15) is 17.9 Å². The number of benzene rings is 1. The highest BCUT2D eigenvalue weighted by atomic mass is 16.5. The molecule has 0 aromatic heterocycles. The van der Waals surface area contributed by atoms with Gasteiger partial charge in [0, 0.05) is 38.6 Å². The molecule has 0 bridgehead atoms. The van der Waals surface area contributed by atoms with E-state index < -0.39 is 12.1 Å². The van der Waals surface area contributed by atoms with Crippen molar-refractivity contribution >= 4 is 12.0 Å². The maximum atomic E-state index is 13.2. The van der Waals surface area contributed by atoms with Crippen molar-refractivity contribution in [2.24, 2.45) is 0 Å². The van der Waals surface area contributed by atoms with E-state index in [1.807, 2.05) is 35.2 Å². The SMILES string of the molecule is O=C([C@H]1C[C@@H](Oc2ccccc2)CN1C(=O)O)N1CCCN(C2CCC2)CC1. The highest BCUT2D eigenvalue weighted by Gasteiger charge is 2.43. The molecular weight excluding hydrogens is 358 g/mol. The molecule has 2 atom stereocenters. The minimum atomic E-state index is -1.05. The average molecular weight is 387 g/mol. The van der Waals surface area contributed by atoms with Gasteiger partial charge in [0.15, 0.2) is 0 Å². The van der Waals surface area contributed by atoms with Crippen LogP contribution in [0.4, 0.5) is 4.79 Å². The van der Waals surface area contributed by atoms with Crippen molar-refractivity contribution in [3.8, 4) is 5.75 Å². The Morgan fingerprint density at radius 3 is 2.46 bits per heavy atom. The lowest BCUT2D eigenvalue weighted by Gasteiger charge is -2.36. The number of nitrogens with zero attached hydrogens (tertiary/aromatic N) is 3. The number of carboxylic acid groups (broad SMARTS) is 1. The minimum absolute atomic E-state index is 0.0722.